The number of benzene rings is 2. The molecule has 3 aromatic rings. The van der Waals surface area contributed by atoms with Gasteiger partial charge < -0.3 is 29.2 Å². The van der Waals surface area contributed by atoms with E-state index in [1.807, 2.05) is 30.3 Å². The average molecular weight is 368 g/mol. The van der Waals surface area contributed by atoms with E-state index in [2.05, 4.69) is 10.3 Å². The third-order valence-corrected chi connectivity index (χ3v) is 4.48. The predicted octanol–water partition coefficient (Wildman–Crippen LogP) is 2.93. The first-order valence-corrected chi connectivity index (χ1v) is 8.60. The van der Waals surface area contributed by atoms with Crippen LogP contribution in [0.1, 0.15) is 5.56 Å². The standard InChI is InChI=1S/C20H20N2O5/c1-24-15-5-6-17(25-2)19-14(15)9-12(20(23)22-19)11-21-13-3-4-16-18(10-13)27-8-7-26-16/h3-6,9-10,21H,7-8,11H2,1-2H3,(H,22,23). The molecule has 2 N–H and O–H groups in total. The van der Waals surface area contributed by atoms with E-state index in [1.165, 1.54) is 0 Å². The van der Waals surface area contributed by atoms with Crippen LogP contribution in [-0.4, -0.2) is 32.4 Å². The summed E-state index contributed by atoms with van der Waals surface area (Å²) in [6.45, 7) is 1.44. The zero-order valence-electron chi connectivity index (χ0n) is 15.1. The zero-order chi connectivity index (χ0) is 18.8. The lowest BCUT2D eigenvalue weighted by molar-refractivity contribution is 0.171. The molecule has 0 saturated heterocycles. The van der Waals surface area contributed by atoms with E-state index < -0.39 is 0 Å². The Morgan fingerprint density at radius 3 is 2.52 bits per heavy atom. The number of H-pyrrole nitrogens is 1. The van der Waals surface area contributed by atoms with Crippen LogP contribution >= 0.6 is 0 Å². The normalized spacial score (nSPS) is 12.7. The van der Waals surface area contributed by atoms with Crippen molar-refractivity contribution in [3.05, 3.63) is 52.3 Å². The van der Waals surface area contributed by atoms with E-state index in [9.17, 15) is 4.79 Å². The molecule has 0 spiro atoms. The highest BCUT2D eigenvalue weighted by molar-refractivity contribution is 5.90. The number of pyridine rings is 1. The molecule has 2 aromatic carbocycles. The first-order valence-electron chi connectivity index (χ1n) is 8.60. The topological polar surface area (TPSA) is 81.8 Å². The molecule has 0 unspecified atom stereocenters. The molecule has 4 rings (SSSR count). The SMILES string of the molecule is COc1ccc(OC)c2[nH]c(=O)c(CNc3ccc4c(c3)OCCO4)cc12. The number of aromatic nitrogens is 1. The Balaban J connectivity index is 1.64. The fourth-order valence-electron chi connectivity index (χ4n) is 3.12. The molecule has 0 bridgehead atoms. The molecule has 27 heavy (non-hydrogen) atoms. The summed E-state index contributed by atoms with van der Waals surface area (Å²) < 4.78 is 21.9. The molecule has 140 valence electrons. The third kappa shape index (κ3) is 3.23. The highest BCUT2D eigenvalue weighted by Crippen LogP contribution is 2.33. The molecule has 0 radical (unpaired) electrons. The second kappa shape index (κ2) is 7.11. The Kier molecular flexibility index (Phi) is 4.50. The summed E-state index contributed by atoms with van der Waals surface area (Å²) in [5.74, 6) is 2.69. The average Bonchev–Trinajstić information content (AvgIpc) is 2.71. The number of rotatable bonds is 5. The van der Waals surface area contributed by atoms with Crippen LogP contribution in [0.5, 0.6) is 23.0 Å². The minimum Gasteiger partial charge on any atom is -0.496 e. The molecular formula is C20H20N2O5. The fraction of sp³-hybridized carbons (Fsp3) is 0.250. The van der Waals surface area contributed by atoms with Crippen LogP contribution in [0.3, 0.4) is 0 Å². The zero-order valence-corrected chi connectivity index (χ0v) is 15.1. The van der Waals surface area contributed by atoms with Gasteiger partial charge in [-0.2, -0.15) is 0 Å². The van der Waals surface area contributed by atoms with Gasteiger partial charge in [0.2, 0.25) is 0 Å². The maximum absolute atomic E-state index is 12.5. The smallest absolute Gasteiger partial charge is 0.253 e. The van der Waals surface area contributed by atoms with Gasteiger partial charge in [-0.15, -0.1) is 0 Å². The van der Waals surface area contributed by atoms with Gasteiger partial charge in [-0.25, -0.2) is 0 Å². The number of aromatic amines is 1. The summed E-state index contributed by atoms with van der Waals surface area (Å²) in [7, 11) is 3.16. The van der Waals surface area contributed by atoms with Gasteiger partial charge in [0.25, 0.3) is 5.56 Å². The van der Waals surface area contributed by atoms with E-state index in [0.29, 0.717) is 48.1 Å². The van der Waals surface area contributed by atoms with Crippen molar-refractivity contribution in [2.45, 2.75) is 6.54 Å². The summed E-state index contributed by atoms with van der Waals surface area (Å²) in [4.78, 5) is 15.4. The van der Waals surface area contributed by atoms with Crippen LogP contribution in [0.25, 0.3) is 10.9 Å². The first-order chi connectivity index (χ1) is 13.2. The molecule has 2 heterocycles. The summed E-state index contributed by atoms with van der Waals surface area (Å²) in [6.07, 6.45) is 0. The molecule has 1 aliphatic heterocycles. The predicted molar refractivity (Wildman–Crippen MR) is 102 cm³/mol. The molecule has 0 amide bonds. The molecule has 0 fully saturated rings. The van der Waals surface area contributed by atoms with E-state index >= 15 is 0 Å². The molecule has 7 heteroatoms. The minimum atomic E-state index is -0.181. The van der Waals surface area contributed by atoms with Crippen molar-refractivity contribution in [1.82, 2.24) is 4.98 Å². The Labute approximate surface area is 155 Å². The van der Waals surface area contributed by atoms with Gasteiger partial charge in [-0.3, -0.25) is 4.79 Å². The maximum Gasteiger partial charge on any atom is 0.253 e. The van der Waals surface area contributed by atoms with E-state index in [1.54, 1.807) is 20.3 Å². The Hall–Kier alpha value is -3.35. The van der Waals surface area contributed by atoms with Gasteiger partial charge >= 0.3 is 0 Å². The fourth-order valence-corrected chi connectivity index (χ4v) is 3.12. The largest absolute Gasteiger partial charge is 0.496 e. The molecule has 1 aliphatic rings. The van der Waals surface area contributed by atoms with Gasteiger partial charge in [0, 0.05) is 29.2 Å². The van der Waals surface area contributed by atoms with Crippen molar-refractivity contribution >= 4 is 16.6 Å². The van der Waals surface area contributed by atoms with E-state index in [-0.39, 0.29) is 5.56 Å². The monoisotopic (exact) mass is 368 g/mol. The number of hydrogen-bond acceptors (Lipinski definition) is 6. The van der Waals surface area contributed by atoms with E-state index in [0.717, 1.165) is 16.8 Å². The first kappa shape index (κ1) is 17.1. The maximum atomic E-state index is 12.5. The molecule has 0 aliphatic carbocycles. The number of fused-ring (bicyclic) bond motifs is 2. The lowest BCUT2D eigenvalue weighted by atomic mass is 10.1. The van der Waals surface area contributed by atoms with Crippen molar-refractivity contribution in [1.29, 1.82) is 0 Å². The van der Waals surface area contributed by atoms with Crippen LogP contribution in [0, 0.1) is 0 Å². The van der Waals surface area contributed by atoms with Crippen LogP contribution in [-0.2, 0) is 6.54 Å². The summed E-state index contributed by atoms with van der Waals surface area (Å²) >= 11 is 0. The Morgan fingerprint density at radius 1 is 1.00 bits per heavy atom. The van der Waals surface area contributed by atoms with Crippen LogP contribution in [0.4, 0.5) is 5.69 Å². The molecular weight excluding hydrogens is 348 g/mol. The number of nitrogens with one attached hydrogen (secondary N) is 2. The molecule has 0 saturated carbocycles. The van der Waals surface area contributed by atoms with Gasteiger partial charge in [0.05, 0.1) is 19.7 Å². The van der Waals surface area contributed by atoms with Crippen molar-refractivity contribution < 1.29 is 18.9 Å². The van der Waals surface area contributed by atoms with Crippen molar-refractivity contribution in [2.75, 3.05) is 32.8 Å². The van der Waals surface area contributed by atoms with Gasteiger partial charge in [-0.05, 0) is 30.3 Å². The van der Waals surface area contributed by atoms with E-state index in [4.69, 9.17) is 18.9 Å². The van der Waals surface area contributed by atoms with Crippen molar-refractivity contribution in [3.8, 4) is 23.0 Å². The number of anilines is 1. The second-order valence-corrected chi connectivity index (χ2v) is 6.09. The summed E-state index contributed by atoms with van der Waals surface area (Å²) in [5, 5.41) is 4.04. The van der Waals surface area contributed by atoms with Crippen molar-refractivity contribution in [3.63, 3.8) is 0 Å². The quantitative estimate of drug-likeness (QED) is 0.721. The van der Waals surface area contributed by atoms with Crippen molar-refractivity contribution in [2.24, 2.45) is 0 Å². The lowest BCUT2D eigenvalue weighted by Gasteiger charge is -2.19. The minimum absolute atomic E-state index is 0.181. The van der Waals surface area contributed by atoms with Crippen LogP contribution < -0.4 is 29.8 Å². The Morgan fingerprint density at radius 2 is 1.74 bits per heavy atom. The number of hydrogen-bond donors (Lipinski definition) is 2. The van der Waals surface area contributed by atoms with Gasteiger partial charge in [0.15, 0.2) is 11.5 Å². The number of methoxy groups -OCH3 is 2. The lowest BCUT2D eigenvalue weighted by Crippen LogP contribution is -2.17. The Bertz CT molecular complexity index is 1040. The molecule has 0 atom stereocenters. The second-order valence-electron chi connectivity index (χ2n) is 6.09. The molecule has 7 nitrogen and oxygen atoms in total. The summed E-state index contributed by atoms with van der Waals surface area (Å²) in [6, 6.07) is 11.0. The molecule has 1 aromatic heterocycles. The highest BCUT2D eigenvalue weighted by Gasteiger charge is 2.13. The highest BCUT2D eigenvalue weighted by atomic mass is 16.6. The number of ether oxygens (including phenoxy) is 4. The van der Waals surface area contributed by atoms with Gasteiger partial charge in [-0.1, -0.05) is 0 Å². The van der Waals surface area contributed by atoms with Crippen LogP contribution in [0.2, 0.25) is 0 Å². The van der Waals surface area contributed by atoms with Gasteiger partial charge in [0.1, 0.15) is 24.7 Å². The summed E-state index contributed by atoms with van der Waals surface area (Å²) in [5.41, 5.74) is 1.87. The third-order valence-electron chi connectivity index (χ3n) is 4.48. The van der Waals surface area contributed by atoms with Crippen LogP contribution in [0.15, 0.2) is 41.2 Å².